The third-order valence-corrected chi connectivity index (χ3v) is 2.58. The van der Waals surface area contributed by atoms with Gasteiger partial charge in [-0.1, -0.05) is 19.1 Å². The van der Waals surface area contributed by atoms with E-state index in [0.717, 1.165) is 6.54 Å². The fourth-order valence-electron chi connectivity index (χ4n) is 1.72. The molecule has 0 radical (unpaired) electrons. The van der Waals surface area contributed by atoms with Crippen LogP contribution in [0.4, 0.5) is 10.1 Å². The van der Waals surface area contributed by atoms with Crippen LogP contribution in [0.15, 0.2) is 24.3 Å². The van der Waals surface area contributed by atoms with Crippen molar-refractivity contribution >= 4 is 5.69 Å². The zero-order valence-corrected chi connectivity index (χ0v) is 10.3. The summed E-state index contributed by atoms with van der Waals surface area (Å²) in [5.41, 5.74) is 0.549. The zero-order chi connectivity index (χ0) is 12.7. The molecular weight excluding hydrogens is 217 g/mol. The highest BCUT2D eigenvalue weighted by Crippen LogP contribution is 2.18. The SMILES string of the molecule is CCNC(C#N)CN(CC)c1ccccc1F. The van der Waals surface area contributed by atoms with E-state index in [-0.39, 0.29) is 11.9 Å². The molecule has 17 heavy (non-hydrogen) atoms. The van der Waals surface area contributed by atoms with Crippen LogP contribution in [-0.4, -0.2) is 25.7 Å². The summed E-state index contributed by atoms with van der Waals surface area (Å²) in [4.78, 5) is 1.87. The molecule has 3 nitrogen and oxygen atoms in total. The lowest BCUT2D eigenvalue weighted by Crippen LogP contribution is -2.40. The fraction of sp³-hybridized carbons (Fsp3) is 0.462. The predicted octanol–water partition coefficient (Wildman–Crippen LogP) is 2.15. The Hall–Kier alpha value is -1.60. The molecule has 0 aliphatic heterocycles. The first-order valence-corrected chi connectivity index (χ1v) is 5.85. The summed E-state index contributed by atoms with van der Waals surface area (Å²) in [7, 11) is 0. The maximum atomic E-state index is 13.6. The summed E-state index contributed by atoms with van der Waals surface area (Å²) < 4.78 is 13.6. The van der Waals surface area contributed by atoms with E-state index in [1.165, 1.54) is 6.07 Å². The first kappa shape index (κ1) is 13.5. The highest BCUT2D eigenvalue weighted by Gasteiger charge is 2.14. The summed E-state index contributed by atoms with van der Waals surface area (Å²) in [6.45, 7) is 5.79. The summed E-state index contributed by atoms with van der Waals surface area (Å²) in [5.74, 6) is -0.248. The minimum Gasteiger partial charge on any atom is -0.367 e. The lowest BCUT2D eigenvalue weighted by molar-refractivity contribution is 0.584. The van der Waals surface area contributed by atoms with Crippen LogP contribution in [0.1, 0.15) is 13.8 Å². The summed E-state index contributed by atoms with van der Waals surface area (Å²) in [6.07, 6.45) is 0. The van der Waals surface area contributed by atoms with Crippen LogP contribution in [0.3, 0.4) is 0 Å². The summed E-state index contributed by atoms with van der Waals surface area (Å²) >= 11 is 0. The van der Waals surface area contributed by atoms with Gasteiger partial charge in [-0.25, -0.2) is 4.39 Å². The van der Waals surface area contributed by atoms with Gasteiger partial charge < -0.3 is 10.2 Å². The van der Waals surface area contributed by atoms with Crippen LogP contribution < -0.4 is 10.2 Å². The zero-order valence-electron chi connectivity index (χ0n) is 10.3. The second kappa shape index (κ2) is 6.87. The van der Waals surface area contributed by atoms with Crippen molar-refractivity contribution in [2.24, 2.45) is 0 Å². The Morgan fingerprint density at radius 3 is 2.65 bits per heavy atom. The van der Waals surface area contributed by atoms with Crippen LogP contribution in [0, 0.1) is 17.1 Å². The Labute approximate surface area is 102 Å². The number of para-hydroxylation sites is 1. The molecule has 1 aromatic rings. The lowest BCUT2D eigenvalue weighted by atomic mass is 10.2. The number of hydrogen-bond acceptors (Lipinski definition) is 3. The summed E-state index contributed by atoms with van der Waals surface area (Å²) in [5, 5.41) is 12.0. The van der Waals surface area contributed by atoms with Crippen molar-refractivity contribution in [3.05, 3.63) is 30.1 Å². The average Bonchev–Trinajstić information content (AvgIpc) is 2.35. The van der Waals surface area contributed by atoms with Gasteiger partial charge in [-0.2, -0.15) is 5.26 Å². The number of nitrogens with one attached hydrogen (secondary N) is 1. The standard InChI is InChI=1S/C13H18FN3/c1-3-16-11(9-15)10-17(4-2)13-8-6-5-7-12(13)14/h5-8,11,16H,3-4,10H2,1-2H3. The molecule has 92 valence electrons. The molecule has 0 aliphatic rings. The van der Waals surface area contributed by atoms with Crippen molar-refractivity contribution < 1.29 is 4.39 Å². The maximum Gasteiger partial charge on any atom is 0.146 e. The van der Waals surface area contributed by atoms with Crippen LogP contribution in [0.25, 0.3) is 0 Å². The van der Waals surface area contributed by atoms with E-state index in [2.05, 4.69) is 11.4 Å². The van der Waals surface area contributed by atoms with E-state index in [0.29, 0.717) is 18.8 Å². The van der Waals surface area contributed by atoms with Crippen molar-refractivity contribution in [2.75, 3.05) is 24.5 Å². The second-order valence-corrected chi connectivity index (χ2v) is 3.73. The van der Waals surface area contributed by atoms with Crippen molar-refractivity contribution in [2.45, 2.75) is 19.9 Å². The topological polar surface area (TPSA) is 39.1 Å². The largest absolute Gasteiger partial charge is 0.367 e. The Morgan fingerprint density at radius 2 is 2.12 bits per heavy atom. The summed E-state index contributed by atoms with van der Waals surface area (Å²) in [6, 6.07) is 8.54. The molecule has 1 rings (SSSR count). The minimum atomic E-state index is -0.278. The van der Waals surface area contributed by atoms with Crippen LogP contribution in [0.5, 0.6) is 0 Å². The fourth-order valence-corrected chi connectivity index (χ4v) is 1.72. The molecule has 1 atom stereocenters. The normalized spacial score (nSPS) is 11.9. The second-order valence-electron chi connectivity index (χ2n) is 3.73. The monoisotopic (exact) mass is 235 g/mol. The van der Waals surface area contributed by atoms with Gasteiger partial charge in [0, 0.05) is 13.1 Å². The van der Waals surface area contributed by atoms with Gasteiger partial charge in [-0.15, -0.1) is 0 Å². The van der Waals surface area contributed by atoms with Gasteiger partial charge in [0.15, 0.2) is 0 Å². The molecule has 0 spiro atoms. The molecule has 0 bridgehead atoms. The number of anilines is 1. The van der Waals surface area contributed by atoms with Gasteiger partial charge in [-0.3, -0.25) is 0 Å². The third-order valence-electron chi connectivity index (χ3n) is 2.58. The van der Waals surface area contributed by atoms with E-state index in [4.69, 9.17) is 5.26 Å². The third kappa shape index (κ3) is 3.72. The minimum absolute atomic E-state index is 0.248. The van der Waals surface area contributed by atoms with Crippen LogP contribution in [0.2, 0.25) is 0 Å². The molecule has 0 amide bonds. The Kier molecular flexibility index (Phi) is 5.44. The molecule has 1 N–H and O–H groups in total. The Morgan fingerprint density at radius 1 is 1.41 bits per heavy atom. The molecule has 0 saturated carbocycles. The number of halogens is 1. The van der Waals surface area contributed by atoms with Crippen molar-refractivity contribution in [3.63, 3.8) is 0 Å². The molecule has 0 fully saturated rings. The van der Waals surface area contributed by atoms with Gasteiger partial charge in [0.05, 0.1) is 11.8 Å². The predicted molar refractivity (Wildman–Crippen MR) is 67.4 cm³/mol. The first-order valence-electron chi connectivity index (χ1n) is 5.85. The van der Waals surface area contributed by atoms with Gasteiger partial charge in [0.25, 0.3) is 0 Å². The van der Waals surface area contributed by atoms with Crippen LogP contribution in [-0.2, 0) is 0 Å². The number of nitrogens with zero attached hydrogens (tertiary/aromatic N) is 2. The number of rotatable bonds is 6. The highest BCUT2D eigenvalue weighted by atomic mass is 19.1. The van der Waals surface area contributed by atoms with E-state index in [1.54, 1.807) is 18.2 Å². The molecule has 4 heteroatoms. The maximum absolute atomic E-state index is 13.6. The van der Waals surface area contributed by atoms with Gasteiger partial charge in [-0.05, 0) is 25.6 Å². The highest BCUT2D eigenvalue weighted by molar-refractivity contribution is 5.47. The number of nitriles is 1. The smallest absolute Gasteiger partial charge is 0.146 e. The number of likely N-dealkylation sites (N-methyl/N-ethyl adjacent to an activating group) is 2. The number of hydrogen-bond donors (Lipinski definition) is 1. The Balaban J connectivity index is 2.79. The van der Waals surface area contributed by atoms with E-state index >= 15 is 0 Å². The molecule has 0 aromatic heterocycles. The lowest BCUT2D eigenvalue weighted by Gasteiger charge is -2.26. The molecule has 1 aromatic carbocycles. The van der Waals surface area contributed by atoms with Crippen molar-refractivity contribution in [3.8, 4) is 6.07 Å². The average molecular weight is 235 g/mol. The molecular formula is C13H18FN3. The van der Waals surface area contributed by atoms with E-state index in [1.807, 2.05) is 18.7 Å². The Bertz CT molecular complexity index is 386. The molecule has 0 heterocycles. The van der Waals surface area contributed by atoms with Gasteiger partial charge in [0.2, 0.25) is 0 Å². The van der Waals surface area contributed by atoms with Gasteiger partial charge in [0.1, 0.15) is 11.9 Å². The van der Waals surface area contributed by atoms with E-state index < -0.39 is 0 Å². The van der Waals surface area contributed by atoms with Crippen LogP contribution >= 0.6 is 0 Å². The first-order chi connectivity index (χ1) is 8.22. The van der Waals surface area contributed by atoms with E-state index in [9.17, 15) is 4.39 Å². The quantitative estimate of drug-likeness (QED) is 0.821. The molecule has 1 unspecified atom stereocenters. The van der Waals surface area contributed by atoms with Gasteiger partial charge >= 0.3 is 0 Å². The van der Waals surface area contributed by atoms with Crippen molar-refractivity contribution in [1.29, 1.82) is 5.26 Å². The number of benzene rings is 1. The molecule has 0 aliphatic carbocycles. The molecule has 0 saturated heterocycles. The van der Waals surface area contributed by atoms with Crippen molar-refractivity contribution in [1.82, 2.24) is 5.32 Å².